The van der Waals surface area contributed by atoms with Gasteiger partial charge in [-0.2, -0.15) is 13.2 Å². The number of carbonyl (C=O) groups excluding carboxylic acids is 1. The third-order valence-electron chi connectivity index (χ3n) is 2.04. The molecule has 4 nitrogen and oxygen atoms in total. The third-order valence-corrected chi connectivity index (χ3v) is 5.22. The Balaban J connectivity index is 2.70. The number of carbonyl (C=O) groups is 1. The molecule has 0 aliphatic heterocycles. The van der Waals surface area contributed by atoms with Gasteiger partial charge in [-0.05, 0) is 12.1 Å². The molecule has 1 aromatic rings. The number of halogens is 4. The molecule has 0 atom stereocenters. The Bertz CT molecular complexity index is 568. The summed E-state index contributed by atoms with van der Waals surface area (Å²) >= 11 is 0.755. The Morgan fingerprint density at radius 2 is 2.00 bits per heavy atom. The van der Waals surface area contributed by atoms with E-state index in [1.54, 1.807) is 0 Å². The molecule has 0 fully saturated rings. The Morgan fingerprint density at radius 1 is 1.42 bits per heavy atom. The molecule has 0 aliphatic carbocycles. The van der Waals surface area contributed by atoms with Crippen LogP contribution in [0.15, 0.2) is 16.3 Å². The number of alkyl halides is 3. The van der Waals surface area contributed by atoms with Crippen LogP contribution in [0.5, 0.6) is 0 Å². The summed E-state index contributed by atoms with van der Waals surface area (Å²) in [5, 5.41) is 0. The second kappa shape index (κ2) is 5.68. The molecule has 0 N–H and O–H groups in total. The minimum atomic E-state index is -4.47. The zero-order valence-electron chi connectivity index (χ0n) is 9.57. The maximum atomic E-state index is 12.1. The lowest BCUT2D eigenvalue weighted by Gasteiger charge is -2.18. The van der Waals surface area contributed by atoms with Crippen molar-refractivity contribution in [1.29, 1.82) is 0 Å². The lowest BCUT2D eigenvalue weighted by Crippen LogP contribution is -2.36. The highest BCUT2D eigenvalue weighted by Gasteiger charge is 2.31. The van der Waals surface area contributed by atoms with E-state index in [1.807, 2.05) is 0 Å². The highest BCUT2D eigenvalue weighted by molar-refractivity contribution is 8.15. The molecular weight excluding hydrogens is 327 g/mol. The van der Waals surface area contributed by atoms with Gasteiger partial charge >= 0.3 is 6.18 Å². The van der Waals surface area contributed by atoms with Gasteiger partial charge in [0.15, 0.2) is 0 Å². The molecule has 10 heteroatoms. The van der Waals surface area contributed by atoms with Crippen molar-refractivity contribution in [2.24, 2.45) is 0 Å². The molecule has 0 unspecified atom stereocenters. The smallest absolute Gasteiger partial charge is 0.336 e. The zero-order valence-corrected chi connectivity index (χ0v) is 12.0. The Kier molecular flexibility index (Phi) is 4.86. The lowest BCUT2D eigenvalue weighted by atomic mass is 10.3. The van der Waals surface area contributed by atoms with Crippen molar-refractivity contribution in [2.75, 3.05) is 13.6 Å². The summed E-state index contributed by atoms with van der Waals surface area (Å²) in [5.74, 6) is -0.752. The van der Waals surface area contributed by atoms with Gasteiger partial charge in [0, 0.05) is 22.6 Å². The zero-order chi connectivity index (χ0) is 14.8. The van der Waals surface area contributed by atoms with Crippen molar-refractivity contribution in [1.82, 2.24) is 4.90 Å². The van der Waals surface area contributed by atoms with E-state index in [-0.39, 0.29) is 10.6 Å². The van der Waals surface area contributed by atoms with E-state index in [0.29, 0.717) is 9.78 Å². The predicted molar refractivity (Wildman–Crippen MR) is 64.8 cm³/mol. The first-order valence-electron chi connectivity index (χ1n) is 4.83. The highest BCUT2D eigenvalue weighted by Crippen LogP contribution is 2.25. The molecule has 19 heavy (non-hydrogen) atoms. The number of nitrogens with zero attached hydrogens (tertiary/aromatic N) is 1. The summed E-state index contributed by atoms with van der Waals surface area (Å²) in [6.45, 7) is -1.35. The highest BCUT2D eigenvalue weighted by atomic mass is 35.7. The fourth-order valence-corrected chi connectivity index (χ4v) is 3.34. The van der Waals surface area contributed by atoms with Crippen LogP contribution in [0, 0.1) is 0 Å². The second-order valence-corrected chi connectivity index (χ2v) is 7.66. The molecule has 1 heterocycles. The van der Waals surface area contributed by atoms with Crippen LogP contribution in [0.1, 0.15) is 4.88 Å². The molecule has 0 radical (unpaired) electrons. The van der Waals surface area contributed by atoms with Crippen molar-refractivity contribution in [3.8, 4) is 0 Å². The molecule has 0 aliphatic rings. The standard InChI is InChI=1S/C9H9ClF3NO3S2/c1-14(5-9(11,12)13)7(15)4-6-2-3-8(18-6)19(10,16)17/h2-3H,4-5H2,1H3. The van der Waals surface area contributed by atoms with Crippen LogP contribution in [0.3, 0.4) is 0 Å². The van der Waals surface area contributed by atoms with Crippen molar-refractivity contribution in [3.05, 3.63) is 17.0 Å². The first-order valence-corrected chi connectivity index (χ1v) is 7.96. The summed E-state index contributed by atoms with van der Waals surface area (Å²) in [4.78, 5) is 12.4. The fraction of sp³-hybridized carbons (Fsp3) is 0.444. The van der Waals surface area contributed by atoms with Crippen LogP contribution in [0.4, 0.5) is 13.2 Å². The Labute approximate surface area is 116 Å². The summed E-state index contributed by atoms with van der Waals surface area (Å²) in [7, 11) is 2.25. The topological polar surface area (TPSA) is 54.5 Å². The third kappa shape index (κ3) is 5.37. The van der Waals surface area contributed by atoms with Gasteiger partial charge in [0.1, 0.15) is 10.8 Å². The van der Waals surface area contributed by atoms with Gasteiger partial charge in [0.2, 0.25) is 5.91 Å². The van der Waals surface area contributed by atoms with E-state index in [9.17, 15) is 26.4 Å². The quantitative estimate of drug-likeness (QED) is 0.793. The summed E-state index contributed by atoms with van der Waals surface area (Å²) in [6, 6.07) is 2.55. The van der Waals surface area contributed by atoms with Gasteiger partial charge in [-0.15, -0.1) is 11.3 Å². The SMILES string of the molecule is CN(CC(F)(F)F)C(=O)Cc1ccc(S(=O)(=O)Cl)s1. The molecule has 108 valence electrons. The van der Waals surface area contributed by atoms with E-state index in [0.717, 1.165) is 18.4 Å². The van der Waals surface area contributed by atoms with Gasteiger partial charge in [0.25, 0.3) is 9.05 Å². The van der Waals surface area contributed by atoms with Gasteiger partial charge in [-0.1, -0.05) is 0 Å². The van der Waals surface area contributed by atoms with Crippen molar-refractivity contribution in [2.45, 2.75) is 16.8 Å². The van der Waals surface area contributed by atoms with Crippen LogP contribution >= 0.6 is 22.0 Å². The Hall–Kier alpha value is -0.800. The first-order chi connectivity index (χ1) is 8.49. The van der Waals surface area contributed by atoms with E-state index in [4.69, 9.17) is 10.7 Å². The minimum Gasteiger partial charge on any atom is -0.336 e. The molecule has 0 spiro atoms. The monoisotopic (exact) mass is 335 g/mol. The number of rotatable bonds is 4. The van der Waals surface area contributed by atoms with Crippen molar-refractivity contribution < 1.29 is 26.4 Å². The van der Waals surface area contributed by atoms with Gasteiger partial charge in [-0.3, -0.25) is 4.79 Å². The number of amides is 1. The van der Waals surface area contributed by atoms with Crippen LogP contribution in [0.2, 0.25) is 0 Å². The molecule has 0 saturated heterocycles. The first kappa shape index (κ1) is 16.3. The number of hydrogen-bond acceptors (Lipinski definition) is 4. The molecule has 0 bridgehead atoms. The maximum Gasteiger partial charge on any atom is 0.406 e. The molecule has 0 saturated carbocycles. The van der Waals surface area contributed by atoms with Crippen molar-refractivity contribution >= 4 is 37.0 Å². The second-order valence-electron chi connectivity index (χ2n) is 3.70. The fourth-order valence-electron chi connectivity index (χ4n) is 1.23. The average Bonchev–Trinajstić information content (AvgIpc) is 2.62. The van der Waals surface area contributed by atoms with Crippen LogP contribution in [0.25, 0.3) is 0 Å². The van der Waals surface area contributed by atoms with Crippen molar-refractivity contribution in [3.63, 3.8) is 0 Å². The molecular formula is C9H9ClF3NO3S2. The lowest BCUT2D eigenvalue weighted by molar-refractivity contribution is -0.157. The van der Waals surface area contributed by atoms with Gasteiger partial charge < -0.3 is 4.90 Å². The largest absolute Gasteiger partial charge is 0.406 e. The van der Waals surface area contributed by atoms with Gasteiger partial charge in [0.05, 0.1) is 6.42 Å². The number of likely N-dealkylation sites (N-methyl/N-ethyl adjacent to an activating group) is 1. The average molecular weight is 336 g/mol. The maximum absolute atomic E-state index is 12.1. The van der Waals surface area contributed by atoms with E-state index < -0.39 is 27.7 Å². The molecule has 1 aromatic heterocycles. The van der Waals surface area contributed by atoms with Crippen LogP contribution < -0.4 is 0 Å². The van der Waals surface area contributed by atoms with Gasteiger partial charge in [-0.25, -0.2) is 8.42 Å². The summed E-state index contributed by atoms with van der Waals surface area (Å²) in [5.41, 5.74) is 0. The molecule has 1 amide bonds. The van der Waals surface area contributed by atoms with Crippen LogP contribution in [-0.4, -0.2) is 39.0 Å². The Morgan fingerprint density at radius 3 is 2.42 bits per heavy atom. The summed E-state index contributed by atoms with van der Waals surface area (Å²) < 4.78 is 58.1. The molecule has 0 aromatic carbocycles. The molecule has 1 rings (SSSR count). The van der Waals surface area contributed by atoms with E-state index in [2.05, 4.69) is 0 Å². The van der Waals surface area contributed by atoms with E-state index in [1.165, 1.54) is 12.1 Å². The summed E-state index contributed by atoms with van der Waals surface area (Å²) in [6.07, 6.45) is -4.77. The van der Waals surface area contributed by atoms with Crippen LogP contribution in [-0.2, 0) is 20.3 Å². The van der Waals surface area contributed by atoms with E-state index >= 15 is 0 Å². The number of hydrogen-bond donors (Lipinski definition) is 0. The predicted octanol–water partition coefficient (Wildman–Crippen LogP) is 2.24. The minimum absolute atomic E-state index is 0.143. The normalized spacial score (nSPS) is 12.5. The number of thiophene rings is 1.